The van der Waals surface area contributed by atoms with E-state index in [0.29, 0.717) is 12.2 Å². The zero-order valence-electron chi connectivity index (χ0n) is 5.48. The number of halogens is 1. The van der Waals surface area contributed by atoms with E-state index in [1.807, 2.05) is 0 Å². The molecule has 0 aromatic rings. The van der Waals surface area contributed by atoms with Gasteiger partial charge in [0.2, 0.25) is 0 Å². The second-order valence-corrected chi connectivity index (χ2v) is 1.73. The minimum Gasteiger partial charge on any atom is -0.463 e. The van der Waals surface area contributed by atoms with Crippen LogP contribution in [0.1, 0.15) is 13.8 Å². The molecule has 0 aliphatic heterocycles. The molecule has 9 heavy (non-hydrogen) atoms. The molecule has 0 N–H and O–H groups in total. The molecule has 0 aromatic carbocycles. The van der Waals surface area contributed by atoms with Gasteiger partial charge >= 0.3 is 5.97 Å². The van der Waals surface area contributed by atoms with Crippen LogP contribution in [0.3, 0.4) is 0 Å². The lowest BCUT2D eigenvalue weighted by molar-refractivity contribution is -0.138. The summed E-state index contributed by atoms with van der Waals surface area (Å²) in [6.45, 7) is 3.74. The third-order valence-corrected chi connectivity index (χ3v) is 1.09. The topological polar surface area (TPSA) is 26.3 Å². The molecule has 2 nitrogen and oxygen atoms in total. The summed E-state index contributed by atoms with van der Waals surface area (Å²) in [4.78, 5) is 10.6. The molecule has 0 atom stereocenters. The summed E-state index contributed by atoms with van der Waals surface area (Å²) < 4.78 is 4.60. The van der Waals surface area contributed by atoms with Crippen molar-refractivity contribution in [3.05, 3.63) is 11.1 Å². The van der Waals surface area contributed by atoms with Gasteiger partial charge in [-0.1, -0.05) is 11.6 Å². The maximum Gasteiger partial charge on any atom is 0.334 e. The van der Waals surface area contributed by atoms with E-state index in [4.69, 9.17) is 11.6 Å². The van der Waals surface area contributed by atoms with Gasteiger partial charge in [0.05, 0.1) is 6.61 Å². The molecule has 0 spiro atoms. The number of hydrogen-bond acceptors (Lipinski definition) is 2. The van der Waals surface area contributed by atoms with Crippen LogP contribution in [0.25, 0.3) is 0 Å². The second kappa shape index (κ2) is 4.39. The molecule has 0 amide bonds. The van der Waals surface area contributed by atoms with E-state index >= 15 is 0 Å². The smallest absolute Gasteiger partial charge is 0.334 e. The summed E-state index contributed by atoms with van der Waals surface area (Å²) in [7, 11) is 0. The van der Waals surface area contributed by atoms with Crippen LogP contribution < -0.4 is 0 Å². The summed E-state index contributed by atoms with van der Waals surface area (Å²) in [6, 6.07) is 0. The van der Waals surface area contributed by atoms with Crippen molar-refractivity contribution in [1.29, 1.82) is 0 Å². The van der Waals surface area contributed by atoms with Crippen LogP contribution in [0.4, 0.5) is 0 Å². The highest BCUT2D eigenvalue weighted by Gasteiger charge is 2.01. The third-order valence-electron chi connectivity index (χ3n) is 0.761. The Morgan fingerprint density at radius 1 is 1.78 bits per heavy atom. The van der Waals surface area contributed by atoms with Crippen LogP contribution in [0.15, 0.2) is 11.1 Å². The van der Waals surface area contributed by atoms with Crippen molar-refractivity contribution in [3.63, 3.8) is 0 Å². The fourth-order valence-corrected chi connectivity index (χ4v) is 0.379. The van der Waals surface area contributed by atoms with Crippen LogP contribution in [-0.4, -0.2) is 12.6 Å². The summed E-state index contributed by atoms with van der Waals surface area (Å²) in [5, 5.41) is 0. The average molecular weight is 149 g/mol. The average Bonchev–Trinajstić information content (AvgIpc) is 1.87. The Kier molecular flexibility index (Phi) is 4.14. The SMILES string of the molecule is CCOC(=O)/C(C)=C/Cl. The molecular formula is C6H9ClO2. The van der Waals surface area contributed by atoms with Gasteiger partial charge < -0.3 is 4.74 Å². The van der Waals surface area contributed by atoms with Gasteiger partial charge in [-0.05, 0) is 13.8 Å². The van der Waals surface area contributed by atoms with Crippen molar-refractivity contribution in [2.45, 2.75) is 13.8 Å². The number of carbonyl (C=O) groups is 1. The molecular weight excluding hydrogens is 140 g/mol. The van der Waals surface area contributed by atoms with E-state index < -0.39 is 0 Å². The highest BCUT2D eigenvalue weighted by Crippen LogP contribution is 1.97. The highest BCUT2D eigenvalue weighted by molar-refractivity contribution is 6.27. The van der Waals surface area contributed by atoms with E-state index in [1.54, 1.807) is 13.8 Å². The second-order valence-electron chi connectivity index (χ2n) is 1.51. The molecule has 0 bridgehead atoms. The maximum atomic E-state index is 10.6. The van der Waals surface area contributed by atoms with E-state index in [2.05, 4.69) is 4.74 Å². The Balaban J connectivity index is 3.74. The maximum absolute atomic E-state index is 10.6. The van der Waals surface area contributed by atoms with Gasteiger partial charge in [-0.2, -0.15) is 0 Å². The van der Waals surface area contributed by atoms with Crippen molar-refractivity contribution in [2.75, 3.05) is 6.61 Å². The number of esters is 1. The summed E-state index contributed by atoms with van der Waals surface area (Å²) in [6.07, 6.45) is 0. The van der Waals surface area contributed by atoms with Gasteiger partial charge in [0.15, 0.2) is 0 Å². The number of rotatable bonds is 2. The highest BCUT2D eigenvalue weighted by atomic mass is 35.5. The molecule has 52 valence electrons. The molecule has 0 aliphatic carbocycles. The van der Waals surface area contributed by atoms with Crippen molar-refractivity contribution < 1.29 is 9.53 Å². The zero-order valence-corrected chi connectivity index (χ0v) is 6.23. The Labute approximate surface area is 59.5 Å². The first kappa shape index (κ1) is 8.50. The Bertz CT molecular complexity index is 129. The first-order chi connectivity index (χ1) is 4.22. The van der Waals surface area contributed by atoms with E-state index in [1.165, 1.54) is 5.54 Å². The number of ether oxygens (including phenoxy) is 1. The molecule has 0 radical (unpaired) electrons. The van der Waals surface area contributed by atoms with E-state index in [0.717, 1.165) is 0 Å². The molecule has 3 heteroatoms. The lowest BCUT2D eigenvalue weighted by Gasteiger charge is -1.97. The Morgan fingerprint density at radius 2 is 2.33 bits per heavy atom. The Morgan fingerprint density at radius 3 is 2.67 bits per heavy atom. The van der Waals surface area contributed by atoms with Gasteiger partial charge in [-0.15, -0.1) is 0 Å². The van der Waals surface area contributed by atoms with E-state index in [9.17, 15) is 4.79 Å². The molecule has 0 saturated heterocycles. The minimum atomic E-state index is -0.354. The molecule has 0 unspecified atom stereocenters. The van der Waals surface area contributed by atoms with Gasteiger partial charge in [-0.3, -0.25) is 0 Å². The minimum absolute atomic E-state index is 0.354. The van der Waals surface area contributed by atoms with Crippen LogP contribution in [0, 0.1) is 0 Å². The monoisotopic (exact) mass is 148 g/mol. The quantitative estimate of drug-likeness (QED) is 0.440. The predicted octanol–water partition coefficient (Wildman–Crippen LogP) is 1.69. The number of hydrogen-bond donors (Lipinski definition) is 0. The molecule has 0 aliphatic rings. The van der Waals surface area contributed by atoms with Gasteiger partial charge in [0.1, 0.15) is 0 Å². The van der Waals surface area contributed by atoms with Gasteiger partial charge in [-0.25, -0.2) is 4.79 Å². The first-order valence-corrected chi connectivity index (χ1v) is 3.10. The predicted molar refractivity (Wildman–Crippen MR) is 36.2 cm³/mol. The third kappa shape index (κ3) is 3.14. The van der Waals surface area contributed by atoms with E-state index in [-0.39, 0.29) is 5.97 Å². The van der Waals surface area contributed by atoms with Gasteiger partial charge in [0, 0.05) is 11.1 Å². The number of carbonyl (C=O) groups excluding carboxylic acids is 1. The van der Waals surface area contributed by atoms with Crippen molar-refractivity contribution >= 4 is 17.6 Å². The molecule has 0 fully saturated rings. The lowest BCUT2D eigenvalue weighted by Crippen LogP contribution is -2.04. The molecule has 0 heterocycles. The van der Waals surface area contributed by atoms with Crippen molar-refractivity contribution in [1.82, 2.24) is 0 Å². The normalized spacial score (nSPS) is 11.2. The lowest BCUT2D eigenvalue weighted by atomic mass is 10.4. The summed E-state index contributed by atoms with van der Waals surface area (Å²) in [5.74, 6) is -0.354. The van der Waals surface area contributed by atoms with Crippen LogP contribution in [0.5, 0.6) is 0 Å². The fraction of sp³-hybridized carbons (Fsp3) is 0.500. The van der Waals surface area contributed by atoms with Crippen molar-refractivity contribution in [3.8, 4) is 0 Å². The largest absolute Gasteiger partial charge is 0.463 e. The fourth-order valence-electron chi connectivity index (χ4n) is 0.289. The Hall–Kier alpha value is -0.500. The molecule has 0 rings (SSSR count). The van der Waals surface area contributed by atoms with Crippen molar-refractivity contribution in [2.24, 2.45) is 0 Å². The molecule has 0 aromatic heterocycles. The summed E-state index contributed by atoms with van der Waals surface area (Å²) >= 11 is 5.22. The van der Waals surface area contributed by atoms with Crippen LogP contribution in [0.2, 0.25) is 0 Å². The van der Waals surface area contributed by atoms with Crippen LogP contribution >= 0.6 is 11.6 Å². The first-order valence-electron chi connectivity index (χ1n) is 2.66. The van der Waals surface area contributed by atoms with Crippen LogP contribution in [-0.2, 0) is 9.53 Å². The van der Waals surface area contributed by atoms with Gasteiger partial charge in [0.25, 0.3) is 0 Å². The molecule has 0 saturated carbocycles. The summed E-state index contributed by atoms with van der Waals surface area (Å²) in [5.41, 5.74) is 1.64. The zero-order chi connectivity index (χ0) is 7.28. The standard InChI is InChI=1S/C6H9ClO2/c1-3-9-6(8)5(2)4-7/h4H,3H2,1-2H3/b5-4+.